The Labute approximate surface area is 110 Å². The van der Waals surface area contributed by atoms with Crippen LogP contribution in [-0.4, -0.2) is 28.7 Å². The SMILES string of the molecule is C/N=C\c1[nH]nnc1C1(c2ccc(Cl)cc2)CC1. The van der Waals surface area contributed by atoms with E-state index in [0.29, 0.717) is 0 Å². The summed E-state index contributed by atoms with van der Waals surface area (Å²) in [5, 5.41) is 11.8. The smallest absolute Gasteiger partial charge is 0.102 e. The average molecular weight is 261 g/mol. The molecule has 1 aromatic heterocycles. The van der Waals surface area contributed by atoms with Crippen molar-refractivity contribution in [2.24, 2.45) is 4.99 Å². The van der Waals surface area contributed by atoms with E-state index in [-0.39, 0.29) is 5.41 Å². The maximum atomic E-state index is 5.93. The molecule has 18 heavy (non-hydrogen) atoms. The summed E-state index contributed by atoms with van der Waals surface area (Å²) in [6.07, 6.45) is 3.95. The number of aliphatic imine (C=N–C) groups is 1. The average Bonchev–Trinajstić information content (AvgIpc) is 3.05. The van der Waals surface area contributed by atoms with Crippen LogP contribution in [0.2, 0.25) is 5.02 Å². The number of rotatable bonds is 3. The molecule has 0 saturated heterocycles. The largest absolute Gasteiger partial charge is 0.294 e. The molecule has 0 bridgehead atoms. The second kappa shape index (κ2) is 4.21. The van der Waals surface area contributed by atoms with Gasteiger partial charge in [0.1, 0.15) is 11.4 Å². The van der Waals surface area contributed by atoms with Crippen LogP contribution in [0, 0.1) is 0 Å². The number of aromatic nitrogens is 3. The monoisotopic (exact) mass is 260 g/mol. The molecule has 0 aliphatic heterocycles. The molecule has 2 aromatic rings. The minimum absolute atomic E-state index is 0.00584. The van der Waals surface area contributed by atoms with E-state index in [9.17, 15) is 0 Å². The van der Waals surface area contributed by atoms with Gasteiger partial charge in [0.15, 0.2) is 0 Å². The van der Waals surface area contributed by atoms with Gasteiger partial charge in [0.25, 0.3) is 0 Å². The molecular formula is C13H13ClN4. The molecule has 1 heterocycles. The summed E-state index contributed by atoms with van der Waals surface area (Å²) in [6.45, 7) is 0. The zero-order valence-electron chi connectivity index (χ0n) is 10.0. The van der Waals surface area contributed by atoms with E-state index in [2.05, 4.69) is 32.5 Å². The van der Waals surface area contributed by atoms with Crippen LogP contribution in [0.25, 0.3) is 0 Å². The fourth-order valence-corrected chi connectivity index (χ4v) is 2.49. The number of hydrogen-bond donors (Lipinski definition) is 1. The van der Waals surface area contributed by atoms with E-state index >= 15 is 0 Å². The number of halogens is 1. The molecule has 1 aliphatic carbocycles. The van der Waals surface area contributed by atoms with Gasteiger partial charge >= 0.3 is 0 Å². The molecule has 92 valence electrons. The fourth-order valence-electron chi connectivity index (χ4n) is 2.36. The van der Waals surface area contributed by atoms with Crippen LogP contribution in [0.15, 0.2) is 29.3 Å². The van der Waals surface area contributed by atoms with Crippen molar-refractivity contribution in [2.45, 2.75) is 18.3 Å². The van der Waals surface area contributed by atoms with E-state index in [1.54, 1.807) is 13.3 Å². The molecule has 0 spiro atoms. The number of nitrogens with zero attached hydrogens (tertiary/aromatic N) is 3. The molecule has 1 aromatic carbocycles. The summed E-state index contributed by atoms with van der Waals surface area (Å²) < 4.78 is 0. The van der Waals surface area contributed by atoms with E-state index in [1.165, 1.54) is 5.56 Å². The maximum Gasteiger partial charge on any atom is 0.102 e. The zero-order valence-corrected chi connectivity index (χ0v) is 10.8. The van der Waals surface area contributed by atoms with Crippen molar-refractivity contribution in [1.82, 2.24) is 15.4 Å². The van der Waals surface area contributed by atoms with Crippen LogP contribution in [0.3, 0.4) is 0 Å². The number of hydrogen-bond acceptors (Lipinski definition) is 3. The summed E-state index contributed by atoms with van der Waals surface area (Å²) in [6, 6.07) is 7.98. The van der Waals surface area contributed by atoms with Crippen molar-refractivity contribution < 1.29 is 0 Å². The van der Waals surface area contributed by atoms with Gasteiger partial charge in [-0.15, -0.1) is 5.10 Å². The highest BCUT2D eigenvalue weighted by Gasteiger charge is 2.49. The Morgan fingerprint density at radius 1 is 1.33 bits per heavy atom. The molecule has 5 heteroatoms. The Balaban J connectivity index is 2.04. The second-order valence-electron chi connectivity index (χ2n) is 4.55. The van der Waals surface area contributed by atoms with Gasteiger partial charge in [-0.2, -0.15) is 0 Å². The van der Waals surface area contributed by atoms with Crippen LogP contribution >= 0.6 is 11.6 Å². The Hall–Kier alpha value is -1.68. The van der Waals surface area contributed by atoms with Crippen molar-refractivity contribution in [3.8, 4) is 0 Å². The van der Waals surface area contributed by atoms with Crippen molar-refractivity contribution in [2.75, 3.05) is 7.05 Å². The summed E-state index contributed by atoms with van der Waals surface area (Å²) in [7, 11) is 1.74. The first kappa shape index (κ1) is 11.4. The molecule has 0 atom stereocenters. The fraction of sp³-hybridized carbons (Fsp3) is 0.308. The van der Waals surface area contributed by atoms with Gasteiger partial charge in [-0.1, -0.05) is 28.9 Å². The molecule has 0 radical (unpaired) electrons. The van der Waals surface area contributed by atoms with Crippen LogP contribution in [0.5, 0.6) is 0 Å². The first-order valence-corrected chi connectivity index (χ1v) is 6.24. The number of nitrogens with one attached hydrogen (secondary N) is 1. The van der Waals surface area contributed by atoms with Crippen LogP contribution in [0.4, 0.5) is 0 Å². The van der Waals surface area contributed by atoms with Gasteiger partial charge in [0.05, 0.1) is 0 Å². The number of H-pyrrole nitrogens is 1. The van der Waals surface area contributed by atoms with Gasteiger partial charge < -0.3 is 0 Å². The van der Waals surface area contributed by atoms with E-state index in [0.717, 1.165) is 29.3 Å². The molecule has 1 saturated carbocycles. The summed E-state index contributed by atoms with van der Waals surface area (Å²) in [4.78, 5) is 4.03. The van der Waals surface area contributed by atoms with Crippen LogP contribution in [0.1, 0.15) is 29.8 Å². The first-order chi connectivity index (χ1) is 8.76. The normalized spacial score (nSPS) is 17.2. The van der Waals surface area contributed by atoms with E-state index in [1.807, 2.05) is 12.1 Å². The Morgan fingerprint density at radius 2 is 2.06 bits per heavy atom. The topological polar surface area (TPSA) is 53.9 Å². The predicted octanol–water partition coefficient (Wildman–Crippen LogP) is 2.59. The van der Waals surface area contributed by atoms with Crippen molar-refractivity contribution >= 4 is 17.8 Å². The predicted molar refractivity (Wildman–Crippen MR) is 71.4 cm³/mol. The second-order valence-corrected chi connectivity index (χ2v) is 4.99. The molecular weight excluding hydrogens is 248 g/mol. The van der Waals surface area contributed by atoms with Gasteiger partial charge in [0.2, 0.25) is 0 Å². The van der Waals surface area contributed by atoms with E-state index < -0.39 is 0 Å². The van der Waals surface area contributed by atoms with Crippen molar-refractivity contribution in [3.63, 3.8) is 0 Å². The Kier molecular flexibility index (Phi) is 2.67. The summed E-state index contributed by atoms with van der Waals surface area (Å²) in [5.41, 5.74) is 3.11. The third-order valence-electron chi connectivity index (χ3n) is 3.43. The van der Waals surface area contributed by atoms with Gasteiger partial charge in [-0.05, 0) is 30.5 Å². The molecule has 3 rings (SSSR count). The van der Waals surface area contributed by atoms with Gasteiger partial charge in [-0.3, -0.25) is 10.1 Å². The molecule has 1 N–H and O–H groups in total. The summed E-state index contributed by atoms with van der Waals surface area (Å²) >= 11 is 5.93. The lowest BCUT2D eigenvalue weighted by Gasteiger charge is -2.13. The highest BCUT2D eigenvalue weighted by molar-refractivity contribution is 6.30. The van der Waals surface area contributed by atoms with Gasteiger partial charge in [-0.25, -0.2) is 0 Å². The molecule has 0 unspecified atom stereocenters. The lowest BCUT2D eigenvalue weighted by atomic mass is 9.91. The molecule has 1 fully saturated rings. The summed E-state index contributed by atoms with van der Waals surface area (Å²) in [5.74, 6) is 0. The lowest BCUT2D eigenvalue weighted by molar-refractivity contribution is 0.786. The minimum atomic E-state index is -0.00584. The Bertz CT molecular complexity index is 581. The third kappa shape index (κ3) is 1.73. The number of benzene rings is 1. The van der Waals surface area contributed by atoms with Crippen molar-refractivity contribution in [1.29, 1.82) is 0 Å². The van der Waals surface area contributed by atoms with Gasteiger partial charge in [0, 0.05) is 23.7 Å². The molecule has 1 aliphatic rings. The molecule has 0 amide bonds. The van der Waals surface area contributed by atoms with Crippen LogP contribution in [-0.2, 0) is 5.41 Å². The standard InChI is InChI=1S/C13H13ClN4/c1-15-8-11-12(17-18-16-11)13(6-7-13)9-2-4-10(14)5-3-9/h2-5,8H,6-7H2,1H3,(H,16,17,18)/b15-8-. The maximum absolute atomic E-state index is 5.93. The quantitative estimate of drug-likeness (QED) is 0.863. The lowest BCUT2D eigenvalue weighted by Crippen LogP contribution is -2.11. The Morgan fingerprint density at radius 3 is 2.67 bits per heavy atom. The van der Waals surface area contributed by atoms with Crippen molar-refractivity contribution in [3.05, 3.63) is 46.2 Å². The first-order valence-electron chi connectivity index (χ1n) is 5.86. The highest BCUT2D eigenvalue weighted by atomic mass is 35.5. The number of aromatic amines is 1. The van der Waals surface area contributed by atoms with Crippen LogP contribution < -0.4 is 0 Å². The zero-order chi connectivity index (χ0) is 12.6. The minimum Gasteiger partial charge on any atom is -0.294 e. The van der Waals surface area contributed by atoms with E-state index in [4.69, 9.17) is 11.6 Å². The molecule has 4 nitrogen and oxygen atoms in total. The highest BCUT2D eigenvalue weighted by Crippen LogP contribution is 2.53. The third-order valence-corrected chi connectivity index (χ3v) is 3.69.